The van der Waals surface area contributed by atoms with Crippen molar-refractivity contribution < 1.29 is 14.3 Å². The first-order chi connectivity index (χ1) is 16.5. The van der Waals surface area contributed by atoms with E-state index in [2.05, 4.69) is 15.5 Å². The quantitative estimate of drug-likeness (QED) is 0.281. The number of para-hydroxylation sites is 2. The molecule has 0 spiro atoms. The molecule has 34 heavy (non-hydrogen) atoms. The van der Waals surface area contributed by atoms with E-state index in [1.165, 1.54) is 18.7 Å². The standard InChI is InChI=1S/C26H24N4O3S/c1-17-11-13-19(14-12-17)25-28-29-26(30(25)22-9-4-5-10-23(22)33-3)34-16-24(32)27-21-8-6-7-20(15-21)18(2)31/h4-15H,16H2,1-3H3,(H,27,32). The van der Waals surface area contributed by atoms with Crippen molar-refractivity contribution in [3.8, 4) is 22.8 Å². The maximum atomic E-state index is 12.7. The summed E-state index contributed by atoms with van der Waals surface area (Å²) in [7, 11) is 1.62. The van der Waals surface area contributed by atoms with E-state index < -0.39 is 0 Å². The molecule has 4 rings (SSSR count). The lowest BCUT2D eigenvalue weighted by Crippen LogP contribution is -2.15. The number of rotatable bonds is 8. The molecular formula is C26H24N4O3S. The number of benzene rings is 3. The first kappa shape index (κ1) is 23.3. The topological polar surface area (TPSA) is 86.1 Å². The lowest BCUT2D eigenvalue weighted by Gasteiger charge is -2.14. The average molecular weight is 473 g/mol. The van der Waals surface area contributed by atoms with Gasteiger partial charge in [-0.25, -0.2) is 0 Å². The Morgan fingerprint density at radius 2 is 1.76 bits per heavy atom. The van der Waals surface area contributed by atoms with Crippen LogP contribution in [0, 0.1) is 6.92 Å². The zero-order chi connectivity index (χ0) is 24.1. The van der Waals surface area contributed by atoms with Gasteiger partial charge in [0, 0.05) is 16.8 Å². The van der Waals surface area contributed by atoms with Gasteiger partial charge in [-0.15, -0.1) is 10.2 Å². The molecule has 8 heteroatoms. The molecule has 1 amide bonds. The smallest absolute Gasteiger partial charge is 0.234 e. The molecule has 4 aromatic rings. The van der Waals surface area contributed by atoms with Gasteiger partial charge in [-0.2, -0.15) is 0 Å². The summed E-state index contributed by atoms with van der Waals surface area (Å²) in [5.41, 5.74) is 3.95. The number of hydrogen-bond donors (Lipinski definition) is 1. The number of aromatic nitrogens is 3. The minimum atomic E-state index is -0.211. The molecule has 0 aliphatic carbocycles. The minimum Gasteiger partial charge on any atom is -0.495 e. The second kappa shape index (κ2) is 10.4. The van der Waals surface area contributed by atoms with Gasteiger partial charge in [0.15, 0.2) is 16.8 Å². The third-order valence-electron chi connectivity index (χ3n) is 5.15. The van der Waals surface area contributed by atoms with Gasteiger partial charge in [0.25, 0.3) is 0 Å². The number of anilines is 1. The molecule has 0 radical (unpaired) electrons. The third kappa shape index (κ3) is 5.18. The number of aryl methyl sites for hydroxylation is 1. The van der Waals surface area contributed by atoms with Crippen LogP contribution in [-0.4, -0.2) is 39.3 Å². The Morgan fingerprint density at radius 1 is 1.00 bits per heavy atom. The Morgan fingerprint density at radius 3 is 2.50 bits per heavy atom. The maximum absolute atomic E-state index is 12.7. The fourth-order valence-corrected chi connectivity index (χ4v) is 4.17. The van der Waals surface area contributed by atoms with Crippen molar-refractivity contribution in [2.75, 3.05) is 18.2 Å². The van der Waals surface area contributed by atoms with Gasteiger partial charge in [-0.1, -0.05) is 65.9 Å². The van der Waals surface area contributed by atoms with Crippen LogP contribution in [0.25, 0.3) is 17.1 Å². The van der Waals surface area contributed by atoms with Gasteiger partial charge < -0.3 is 10.1 Å². The lowest BCUT2D eigenvalue weighted by atomic mass is 10.1. The number of nitrogens with one attached hydrogen (secondary N) is 1. The third-order valence-corrected chi connectivity index (χ3v) is 6.08. The molecule has 0 saturated carbocycles. The van der Waals surface area contributed by atoms with E-state index in [1.54, 1.807) is 31.4 Å². The lowest BCUT2D eigenvalue weighted by molar-refractivity contribution is -0.113. The van der Waals surface area contributed by atoms with Crippen molar-refractivity contribution in [2.24, 2.45) is 0 Å². The monoisotopic (exact) mass is 472 g/mol. The molecule has 0 saturated heterocycles. The van der Waals surface area contributed by atoms with Crippen molar-refractivity contribution in [2.45, 2.75) is 19.0 Å². The zero-order valence-corrected chi connectivity index (χ0v) is 19.9. The van der Waals surface area contributed by atoms with E-state index in [0.29, 0.717) is 28.0 Å². The van der Waals surface area contributed by atoms with Crippen molar-refractivity contribution >= 4 is 29.1 Å². The summed E-state index contributed by atoms with van der Waals surface area (Å²) in [6.45, 7) is 3.52. The molecule has 0 bridgehead atoms. The molecule has 0 aliphatic heterocycles. The van der Waals surface area contributed by atoms with Gasteiger partial charge in [0.1, 0.15) is 5.75 Å². The molecule has 0 aliphatic rings. The van der Waals surface area contributed by atoms with Crippen LogP contribution in [0.4, 0.5) is 5.69 Å². The predicted molar refractivity (Wildman–Crippen MR) is 134 cm³/mol. The fraction of sp³-hybridized carbons (Fsp3) is 0.154. The molecular weight excluding hydrogens is 448 g/mol. The summed E-state index contributed by atoms with van der Waals surface area (Å²) in [6.07, 6.45) is 0. The second-order valence-electron chi connectivity index (χ2n) is 7.65. The highest BCUT2D eigenvalue weighted by Gasteiger charge is 2.20. The van der Waals surface area contributed by atoms with E-state index in [4.69, 9.17) is 4.74 Å². The van der Waals surface area contributed by atoms with Crippen LogP contribution >= 0.6 is 11.8 Å². The Labute approximate surface area is 202 Å². The largest absolute Gasteiger partial charge is 0.495 e. The summed E-state index contributed by atoms with van der Waals surface area (Å²) in [6, 6.07) is 22.5. The summed E-state index contributed by atoms with van der Waals surface area (Å²) in [5.74, 6) is 1.17. The maximum Gasteiger partial charge on any atom is 0.234 e. The first-order valence-corrected chi connectivity index (χ1v) is 11.6. The van der Waals surface area contributed by atoms with Gasteiger partial charge in [0.05, 0.1) is 18.6 Å². The summed E-state index contributed by atoms with van der Waals surface area (Å²) in [4.78, 5) is 24.3. The highest BCUT2D eigenvalue weighted by molar-refractivity contribution is 7.99. The van der Waals surface area contributed by atoms with Gasteiger partial charge >= 0.3 is 0 Å². The Balaban J connectivity index is 1.62. The highest BCUT2D eigenvalue weighted by Crippen LogP contribution is 2.32. The van der Waals surface area contributed by atoms with Crippen molar-refractivity contribution in [3.05, 3.63) is 83.9 Å². The number of thioether (sulfide) groups is 1. The second-order valence-corrected chi connectivity index (χ2v) is 8.60. The SMILES string of the molecule is COc1ccccc1-n1c(SCC(=O)Nc2cccc(C(C)=O)c2)nnc1-c1ccc(C)cc1. The first-order valence-electron chi connectivity index (χ1n) is 10.7. The van der Waals surface area contributed by atoms with Gasteiger partial charge in [0.2, 0.25) is 5.91 Å². The number of nitrogens with zero attached hydrogens (tertiary/aromatic N) is 3. The Hall–Kier alpha value is -3.91. The Bertz CT molecular complexity index is 1330. The molecule has 1 heterocycles. The molecule has 0 unspecified atom stereocenters. The number of hydrogen-bond acceptors (Lipinski definition) is 6. The van der Waals surface area contributed by atoms with E-state index in [1.807, 2.05) is 60.0 Å². The van der Waals surface area contributed by atoms with Crippen LogP contribution in [-0.2, 0) is 4.79 Å². The molecule has 7 nitrogen and oxygen atoms in total. The molecule has 0 fully saturated rings. The number of carbonyl (C=O) groups excluding carboxylic acids is 2. The van der Waals surface area contributed by atoms with Crippen LogP contribution in [0.15, 0.2) is 78.0 Å². The number of carbonyl (C=O) groups is 2. The zero-order valence-electron chi connectivity index (χ0n) is 19.1. The normalized spacial score (nSPS) is 10.7. The van der Waals surface area contributed by atoms with Crippen LogP contribution in [0.1, 0.15) is 22.8 Å². The number of amides is 1. The predicted octanol–water partition coefficient (Wildman–Crippen LogP) is 5.18. The van der Waals surface area contributed by atoms with Crippen LogP contribution in [0.5, 0.6) is 5.75 Å². The van der Waals surface area contributed by atoms with Crippen molar-refractivity contribution in [1.29, 1.82) is 0 Å². The number of Topliss-reactive ketones (excluding diaryl/α,β-unsaturated/α-hetero) is 1. The molecule has 1 aromatic heterocycles. The minimum absolute atomic E-state index is 0.0565. The van der Waals surface area contributed by atoms with Gasteiger partial charge in [-0.3, -0.25) is 14.2 Å². The van der Waals surface area contributed by atoms with E-state index in [-0.39, 0.29) is 17.4 Å². The van der Waals surface area contributed by atoms with Crippen LogP contribution in [0.3, 0.4) is 0 Å². The summed E-state index contributed by atoms with van der Waals surface area (Å²) < 4.78 is 7.48. The fourth-order valence-electron chi connectivity index (χ4n) is 3.43. The molecule has 3 aromatic carbocycles. The number of ether oxygens (including phenoxy) is 1. The summed E-state index contributed by atoms with van der Waals surface area (Å²) in [5, 5.41) is 12.2. The highest BCUT2D eigenvalue weighted by atomic mass is 32.2. The summed E-state index contributed by atoms with van der Waals surface area (Å²) >= 11 is 1.27. The van der Waals surface area contributed by atoms with E-state index in [9.17, 15) is 9.59 Å². The molecule has 0 atom stereocenters. The average Bonchev–Trinajstić information content (AvgIpc) is 3.27. The van der Waals surface area contributed by atoms with Gasteiger partial charge in [-0.05, 0) is 38.1 Å². The van der Waals surface area contributed by atoms with Crippen LogP contribution in [0.2, 0.25) is 0 Å². The van der Waals surface area contributed by atoms with E-state index in [0.717, 1.165) is 16.8 Å². The number of ketones is 1. The van der Waals surface area contributed by atoms with Crippen molar-refractivity contribution in [3.63, 3.8) is 0 Å². The van der Waals surface area contributed by atoms with E-state index >= 15 is 0 Å². The Kier molecular flexibility index (Phi) is 7.08. The number of methoxy groups -OCH3 is 1. The van der Waals surface area contributed by atoms with Crippen molar-refractivity contribution in [1.82, 2.24) is 14.8 Å². The molecule has 172 valence electrons. The molecule has 1 N–H and O–H groups in total. The van der Waals surface area contributed by atoms with Crippen LogP contribution < -0.4 is 10.1 Å².